The molecule has 1 aliphatic heterocycles. The van der Waals surface area contributed by atoms with Crippen molar-refractivity contribution < 1.29 is 8.42 Å². The molecule has 0 aliphatic carbocycles. The highest BCUT2D eigenvalue weighted by Gasteiger charge is 2.31. The zero-order valence-electron chi connectivity index (χ0n) is 11.9. The van der Waals surface area contributed by atoms with Crippen molar-refractivity contribution in [3.63, 3.8) is 0 Å². The van der Waals surface area contributed by atoms with E-state index in [0.29, 0.717) is 13.1 Å². The average Bonchev–Trinajstić information content (AvgIpc) is 2.46. The monoisotopic (exact) mass is 316 g/mol. The second-order valence-corrected chi connectivity index (χ2v) is 7.89. The summed E-state index contributed by atoms with van der Waals surface area (Å²) in [5.74, 6) is 0.139. The van der Waals surface area contributed by atoms with Crippen LogP contribution >= 0.6 is 11.6 Å². The van der Waals surface area contributed by atoms with E-state index in [2.05, 4.69) is 30.0 Å². The molecule has 112 valence electrons. The topological polar surface area (TPSA) is 40.6 Å². The molecule has 20 heavy (non-hydrogen) atoms. The molecule has 1 aromatic carbocycles. The third-order valence-electron chi connectivity index (χ3n) is 3.69. The van der Waals surface area contributed by atoms with Gasteiger partial charge in [-0.1, -0.05) is 12.1 Å². The number of nitrogens with zero attached hydrogens (tertiary/aromatic N) is 2. The van der Waals surface area contributed by atoms with Gasteiger partial charge in [0.1, 0.15) is 0 Å². The molecule has 0 amide bonds. The maximum absolute atomic E-state index is 12.2. The summed E-state index contributed by atoms with van der Waals surface area (Å²) in [6.45, 7) is 6.21. The van der Waals surface area contributed by atoms with Crippen LogP contribution in [0.15, 0.2) is 24.3 Å². The van der Waals surface area contributed by atoms with Gasteiger partial charge in [0, 0.05) is 37.7 Å². The Bertz CT molecular complexity index is 554. The van der Waals surface area contributed by atoms with Gasteiger partial charge < -0.3 is 4.90 Å². The molecule has 1 aliphatic rings. The molecule has 1 unspecified atom stereocenters. The van der Waals surface area contributed by atoms with Crippen LogP contribution in [0.1, 0.15) is 12.5 Å². The Morgan fingerprint density at radius 2 is 1.90 bits per heavy atom. The first-order valence-electron chi connectivity index (χ1n) is 6.81. The number of sulfonamides is 1. The maximum Gasteiger partial charge on any atom is 0.218 e. The van der Waals surface area contributed by atoms with Crippen molar-refractivity contribution in [3.05, 3.63) is 29.8 Å². The molecule has 1 heterocycles. The Labute approximate surface area is 126 Å². The van der Waals surface area contributed by atoms with Gasteiger partial charge in [0.2, 0.25) is 10.0 Å². The summed E-state index contributed by atoms with van der Waals surface area (Å²) < 4.78 is 26.0. The Kier molecular flexibility index (Phi) is 4.94. The predicted molar refractivity (Wildman–Crippen MR) is 84.1 cm³/mol. The van der Waals surface area contributed by atoms with Gasteiger partial charge in [-0.3, -0.25) is 0 Å². The summed E-state index contributed by atoms with van der Waals surface area (Å²) in [7, 11) is -3.25. The molecule has 0 bridgehead atoms. The van der Waals surface area contributed by atoms with Gasteiger partial charge >= 0.3 is 0 Å². The number of halogens is 1. The lowest BCUT2D eigenvalue weighted by molar-refractivity contribution is 0.381. The van der Waals surface area contributed by atoms with Gasteiger partial charge in [-0.05, 0) is 31.5 Å². The summed E-state index contributed by atoms with van der Waals surface area (Å²) in [6, 6.07) is 8.29. The van der Waals surface area contributed by atoms with Crippen LogP contribution in [0.5, 0.6) is 0 Å². The van der Waals surface area contributed by atoms with Crippen LogP contribution in [0.25, 0.3) is 0 Å². The smallest absolute Gasteiger partial charge is 0.218 e. The van der Waals surface area contributed by atoms with Crippen LogP contribution in [-0.4, -0.2) is 50.0 Å². The summed E-state index contributed by atoms with van der Waals surface area (Å²) >= 11 is 5.68. The van der Waals surface area contributed by atoms with E-state index in [1.54, 1.807) is 11.2 Å². The van der Waals surface area contributed by atoms with Crippen molar-refractivity contribution >= 4 is 27.3 Å². The molecule has 1 saturated heterocycles. The molecule has 2 rings (SSSR count). The summed E-state index contributed by atoms with van der Waals surface area (Å²) in [6.07, 6.45) is 0. The van der Waals surface area contributed by atoms with Crippen molar-refractivity contribution in [1.82, 2.24) is 4.31 Å². The van der Waals surface area contributed by atoms with Crippen molar-refractivity contribution in [3.8, 4) is 0 Å². The van der Waals surface area contributed by atoms with Crippen molar-refractivity contribution in [2.45, 2.75) is 19.1 Å². The standard InChI is InChI=1S/C14H21ClN2O2S/c1-12-4-3-5-14(10-12)16-6-8-17(9-7-16)20(18,19)13(2)11-15/h3-5,10,13H,6-9,11H2,1-2H3. The van der Waals surface area contributed by atoms with E-state index in [0.717, 1.165) is 18.8 Å². The second-order valence-electron chi connectivity index (χ2n) is 5.23. The normalized spacial score (nSPS) is 19.1. The Hall–Kier alpha value is -0.780. The number of anilines is 1. The lowest BCUT2D eigenvalue weighted by atomic mass is 10.2. The van der Waals surface area contributed by atoms with Crippen LogP contribution in [0, 0.1) is 6.92 Å². The van der Waals surface area contributed by atoms with E-state index in [4.69, 9.17) is 11.6 Å². The zero-order valence-corrected chi connectivity index (χ0v) is 13.5. The molecule has 0 saturated carbocycles. The minimum Gasteiger partial charge on any atom is -0.369 e. The third-order valence-corrected chi connectivity index (χ3v) is 6.61. The fraction of sp³-hybridized carbons (Fsp3) is 0.571. The molecule has 0 aromatic heterocycles. The van der Waals surface area contributed by atoms with Crippen LogP contribution in [0.3, 0.4) is 0 Å². The van der Waals surface area contributed by atoms with E-state index in [1.165, 1.54) is 5.56 Å². The van der Waals surface area contributed by atoms with Crippen LogP contribution in [0.2, 0.25) is 0 Å². The number of hydrogen-bond acceptors (Lipinski definition) is 3. The molecule has 6 heteroatoms. The number of benzene rings is 1. The van der Waals surface area contributed by atoms with Crippen molar-refractivity contribution in [2.75, 3.05) is 37.0 Å². The molecular formula is C14H21ClN2O2S. The first-order valence-corrected chi connectivity index (χ1v) is 8.85. The van der Waals surface area contributed by atoms with Crippen molar-refractivity contribution in [1.29, 1.82) is 0 Å². The lowest BCUT2D eigenvalue weighted by Gasteiger charge is -2.36. The Morgan fingerprint density at radius 1 is 1.25 bits per heavy atom. The van der Waals surface area contributed by atoms with E-state index in [1.807, 2.05) is 6.07 Å². The zero-order chi connectivity index (χ0) is 14.8. The van der Waals surface area contributed by atoms with Gasteiger partial charge in [0.05, 0.1) is 5.25 Å². The first kappa shape index (κ1) is 15.6. The molecule has 0 radical (unpaired) electrons. The molecule has 4 nitrogen and oxygen atoms in total. The first-order chi connectivity index (χ1) is 9.45. The molecular weight excluding hydrogens is 296 g/mol. The van der Waals surface area contributed by atoms with Gasteiger partial charge in [-0.15, -0.1) is 11.6 Å². The predicted octanol–water partition coefficient (Wildman–Crippen LogP) is 2.07. The van der Waals surface area contributed by atoms with Gasteiger partial charge in [-0.25, -0.2) is 8.42 Å². The average molecular weight is 317 g/mol. The Morgan fingerprint density at radius 3 is 2.45 bits per heavy atom. The molecule has 1 atom stereocenters. The summed E-state index contributed by atoms with van der Waals surface area (Å²) in [5.41, 5.74) is 2.38. The maximum atomic E-state index is 12.2. The Balaban J connectivity index is 2.03. The number of alkyl halides is 1. The quantitative estimate of drug-likeness (QED) is 0.799. The van der Waals surface area contributed by atoms with E-state index < -0.39 is 15.3 Å². The SMILES string of the molecule is Cc1cccc(N2CCN(S(=O)(=O)C(C)CCl)CC2)c1. The molecule has 1 fully saturated rings. The van der Waals surface area contributed by atoms with Crippen LogP contribution < -0.4 is 4.90 Å². The highest BCUT2D eigenvalue weighted by atomic mass is 35.5. The second kappa shape index (κ2) is 6.33. The van der Waals surface area contributed by atoms with Crippen LogP contribution in [-0.2, 0) is 10.0 Å². The number of piperazine rings is 1. The molecule has 0 N–H and O–H groups in total. The third kappa shape index (κ3) is 3.27. The summed E-state index contributed by atoms with van der Waals surface area (Å²) in [4.78, 5) is 2.23. The molecule has 1 aromatic rings. The van der Waals surface area contributed by atoms with E-state index in [-0.39, 0.29) is 5.88 Å². The van der Waals surface area contributed by atoms with Crippen LogP contribution in [0.4, 0.5) is 5.69 Å². The van der Waals surface area contributed by atoms with Gasteiger partial charge in [0.25, 0.3) is 0 Å². The van der Waals surface area contributed by atoms with E-state index >= 15 is 0 Å². The minimum atomic E-state index is -3.25. The highest BCUT2D eigenvalue weighted by Crippen LogP contribution is 2.20. The van der Waals surface area contributed by atoms with E-state index in [9.17, 15) is 8.42 Å². The van der Waals surface area contributed by atoms with Gasteiger partial charge in [-0.2, -0.15) is 4.31 Å². The minimum absolute atomic E-state index is 0.139. The largest absolute Gasteiger partial charge is 0.369 e. The van der Waals surface area contributed by atoms with Gasteiger partial charge in [0.15, 0.2) is 0 Å². The molecule has 0 spiro atoms. The lowest BCUT2D eigenvalue weighted by Crippen LogP contribution is -2.51. The fourth-order valence-corrected chi connectivity index (χ4v) is 4.18. The van der Waals surface area contributed by atoms with Crippen molar-refractivity contribution in [2.24, 2.45) is 0 Å². The highest BCUT2D eigenvalue weighted by molar-refractivity contribution is 7.89. The number of rotatable bonds is 4. The fourth-order valence-electron chi connectivity index (χ4n) is 2.36. The summed E-state index contributed by atoms with van der Waals surface area (Å²) in [5, 5.41) is -0.519. The number of hydrogen-bond donors (Lipinski definition) is 0. The number of aryl methyl sites for hydroxylation is 1.